The molecule has 0 spiro atoms. The lowest BCUT2D eigenvalue weighted by molar-refractivity contribution is -0.121. The molecule has 0 aliphatic carbocycles. The van der Waals surface area contributed by atoms with Crippen molar-refractivity contribution in [3.8, 4) is 0 Å². The minimum Gasteiger partial charge on any atom is -0.293 e. The van der Waals surface area contributed by atoms with Gasteiger partial charge in [-0.25, -0.2) is 0 Å². The van der Waals surface area contributed by atoms with E-state index in [1.807, 2.05) is 5.38 Å². The van der Waals surface area contributed by atoms with E-state index >= 15 is 0 Å². The number of hydrogen-bond acceptors (Lipinski definition) is 5. The molecule has 0 fully saturated rings. The quantitative estimate of drug-likeness (QED) is 0.612. The molecule has 8 heteroatoms. The molecule has 2 aromatic rings. The normalized spacial score (nSPS) is 10.1. The van der Waals surface area contributed by atoms with Gasteiger partial charge in [0.2, 0.25) is 5.91 Å². The Morgan fingerprint density at radius 1 is 1.05 bits per heavy atom. The van der Waals surface area contributed by atoms with Crippen LogP contribution in [0.1, 0.15) is 32.2 Å². The van der Waals surface area contributed by atoms with E-state index in [2.05, 4.69) is 26.8 Å². The number of hydrogen-bond donors (Lipinski definition) is 2. The average Bonchev–Trinajstić information content (AvgIpc) is 3.13. The molecule has 110 valence electrons. The number of Topliss-reactive ketones (excluding diaryl/α,β-unsaturated/α-hetero) is 1. The number of hydrazine groups is 1. The number of carbonyl (C=O) groups excluding carboxylic acids is 3. The SMILES string of the molecule is O=C(CCC(=O)c1cccs1)NNC(=O)c1ccc(Br)s1. The van der Waals surface area contributed by atoms with Gasteiger partial charge in [-0.05, 0) is 39.5 Å². The van der Waals surface area contributed by atoms with Crippen LogP contribution >= 0.6 is 38.6 Å². The zero-order valence-corrected chi connectivity index (χ0v) is 13.9. The van der Waals surface area contributed by atoms with Crippen LogP contribution in [0.5, 0.6) is 0 Å². The van der Waals surface area contributed by atoms with Crippen molar-refractivity contribution in [3.63, 3.8) is 0 Å². The van der Waals surface area contributed by atoms with Gasteiger partial charge in [-0.15, -0.1) is 22.7 Å². The van der Waals surface area contributed by atoms with Gasteiger partial charge in [0.05, 0.1) is 13.5 Å². The third kappa shape index (κ3) is 4.76. The molecule has 2 aromatic heterocycles. The first-order valence-electron chi connectivity index (χ1n) is 5.97. The van der Waals surface area contributed by atoms with Crippen LogP contribution in [-0.2, 0) is 4.79 Å². The van der Waals surface area contributed by atoms with Gasteiger partial charge in [-0.1, -0.05) is 6.07 Å². The molecule has 0 saturated carbocycles. The van der Waals surface area contributed by atoms with E-state index in [-0.39, 0.29) is 24.5 Å². The van der Waals surface area contributed by atoms with Crippen molar-refractivity contribution in [2.24, 2.45) is 0 Å². The Morgan fingerprint density at radius 3 is 2.48 bits per heavy atom. The number of carbonyl (C=O) groups is 3. The van der Waals surface area contributed by atoms with Gasteiger partial charge in [-0.3, -0.25) is 25.2 Å². The van der Waals surface area contributed by atoms with Gasteiger partial charge in [-0.2, -0.15) is 0 Å². The molecule has 0 aliphatic heterocycles. The summed E-state index contributed by atoms with van der Waals surface area (Å²) >= 11 is 5.87. The number of nitrogens with one attached hydrogen (secondary N) is 2. The molecule has 0 unspecified atom stereocenters. The van der Waals surface area contributed by atoms with Crippen LogP contribution in [0.25, 0.3) is 0 Å². The maximum Gasteiger partial charge on any atom is 0.279 e. The Hall–Kier alpha value is -1.51. The Labute approximate surface area is 137 Å². The van der Waals surface area contributed by atoms with Gasteiger partial charge in [0.25, 0.3) is 5.91 Å². The van der Waals surface area contributed by atoms with Crippen LogP contribution in [0.2, 0.25) is 0 Å². The second-order valence-electron chi connectivity index (χ2n) is 4.01. The summed E-state index contributed by atoms with van der Waals surface area (Å²) in [5, 5.41) is 1.81. The van der Waals surface area contributed by atoms with Crippen molar-refractivity contribution >= 4 is 56.2 Å². The highest BCUT2D eigenvalue weighted by Gasteiger charge is 2.12. The molecule has 21 heavy (non-hydrogen) atoms. The summed E-state index contributed by atoms with van der Waals surface area (Å²) in [6, 6.07) is 6.91. The highest BCUT2D eigenvalue weighted by molar-refractivity contribution is 9.11. The highest BCUT2D eigenvalue weighted by atomic mass is 79.9. The fraction of sp³-hybridized carbons (Fsp3) is 0.154. The third-order valence-electron chi connectivity index (χ3n) is 2.49. The van der Waals surface area contributed by atoms with Crippen LogP contribution in [0.3, 0.4) is 0 Å². The van der Waals surface area contributed by atoms with Crippen molar-refractivity contribution in [1.29, 1.82) is 0 Å². The summed E-state index contributed by atoms with van der Waals surface area (Å²) in [5.74, 6) is -0.860. The molecule has 0 atom stereocenters. The Bertz CT molecular complexity index is 652. The summed E-state index contributed by atoms with van der Waals surface area (Å²) in [7, 11) is 0. The van der Waals surface area contributed by atoms with E-state index < -0.39 is 5.91 Å². The predicted molar refractivity (Wildman–Crippen MR) is 85.5 cm³/mol. The topological polar surface area (TPSA) is 75.3 Å². The zero-order chi connectivity index (χ0) is 15.2. The summed E-state index contributed by atoms with van der Waals surface area (Å²) in [6.45, 7) is 0. The molecule has 0 aromatic carbocycles. The van der Waals surface area contributed by atoms with E-state index in [9.17, 15) is 14.4 Å². The molecule has 5 nitrogen and oxygen atoms in total. The maximum absolute atomic E-state index is 11.7. The zero-order valence-electron chi connectivity index (χ0n) is 10.7. The first-order valence-corrected chi connectivity index (χ1v) is 8.46. The molecule has 0 bridgehead atoms. The minimum atomic E-state index is -0.399. The average molecular weight is 387 g/mol. The molecule has 0 radical (unpaired) electrons. The fourth-order valence-corrected chi connectivity index (χ4v) is 3.45. The standard InChI is InChI=1S/C13H11BrN2O3S2/c14-11-5-4-10(21-11)13(19)16-15-12(18)6-3-8(17)9-2-1-7-20-9/h1-2,4-5,7H,3,6H2,(H,15,18)(H,16,19). The van der Waals surface area contributed by atoms with Gasteiger partial charge in [0.1, 0.15) is 0 Å². The summed E-state index contributed by atoms with van der Waals surface area (Å²) in [6.07, 6.45) is 0.151. The van der Waals surface area contributed by atoms with E-state index in [4.69, 9.17) is 0 Å². The largest absolute Gasteiger partial charge is 0.293 e. The van der Waals surface area contributed by atoms with Crippen LogP contribution in [0, 0.1) is 0 Å². The lowest BCUT2D eigenvalue weighted by Gasteiger charge is -2.05. The van der Waals surface area contributed by atoms with E-state index in [1.165, 1.54) is 22.7 Å². The molecular weight excluding hydrogens is 376 g/mol. The number of halogens is 1. The number of rotatable bonds is 5. The first-order chi connectivity index (χ1) is 10.1. The van der Waals surface area contributed by atoms with Crippen LogP contribution in [-0.4, -0.2) is 17.6 Å². The van der Waals surface area contributed by atoms with Crippen molar-refractivity contribution < 1.29 is 14.4 Å². The number of ketones is 1. The molecule has 2 heterocycles. The number of thiophene rings is 2. The van der Waals surface area contributed by atoms with Gasteiger partial charge in [0.15, 0.2) is 5.78 Å². The van der Waals surface area contributed by atoms with Crippen LogP contribution < -0.4 is 10.9 Å². The third-order valence-corrected chi connectivity index (χ3v) is 5.02. The highest BCUT2D eigenvalue weighted by Crippen LogP contribution is 2.21. The van der Waals surface area contributed by atoms with E-state index in [0.29, 0.717) is 9.75 Å². The maximum atomic E-state index is 11.7. The van der Waals surface area contributed by atoms with E-state index in [1.54, 1.807) is 24.3 Å². The van der Waals surface area contributed by atoms with Crippen molar-refractivity contribution in [2.45, 2.75) is 12.8 Å². The van der Waals surface area contributed by atoms with E-state index in [0.717, 1.165) is 3.79 Å². The minimum absolute atomic E-state index is 0.0329. The van der Waals surface area contributed by atoms with Crippen molar-refractivity contribution in [2.75, 3.05) is 0 Å². The lowest BCUT2D eigenvalue weighted by Crippen LogP contribution is -2.41. The van der Waals surface area contributed by atoms with Crippen LogP contribution in [0.15, 0.2) is 33.4 Å². The molecule has 0 saturated heterocycles. The monoisotopic (exact) mass is 386 g/mol. The Morgan fingerprint density at radius 2 is 1.86 bits per heavy atom. The second-order valence-corrected chi connectivity index (χ2v) is 7.42. The second kappa shape index (κ2) is 7.48. The van der Waals surface area contributed by atoms with Crippen molar-refractivity contribution in [1.82, 2.24) is 10.9 Å². The molecule has 0 aliphatic rings. The molecule has 2 amide bonds. The van der Waals surface area contributed by atoms with Crippen molar-refractivity contribution in [3.05, 3.63) is 43.2 Å². The fourth-order valence-electron chi connectivity index (χ4n) is 1.47. The molecular formula is C13H11BrN2O3S2. The summed E-state index contributed by atoms with van der Waals surface area (Å²) in [4.78, 5) is 36.1. The van der Waals surface area contributed by atoms with Crippen LogP contribution in [0.4, 0.5) is 0 Å². The van der Waals surface area contributed by atoms with Gasteiger partial charge < -0.3 is 0 Å². The van der Waals surface area contributed by atoms with Gasteiger partial charge >= 0.3 is 0 Å². The molecule has 2 rings (SSSR count). The predicted octanol–water partition coefficient (Wildman–Crippen LogP) is 3.00. The summed E-state index contributed by atoms with van der Waals surface area (Å²) < 4.78 is 0.834. The smallest absolute Gasteiger partial charge is 0.279 e. The Balaban J connectivity index is 1.72. The number of amides is 2. The Kier molecular flexibility index (Phi) is 5.66. The lowest BCUT2D eigenvalue weighted by atomic mass is 10.2. The molecule has 2 N–H and O–H groups in total. The van der Waals surface area contributed by atoms with Gasteiger partial charge in [0, 0.05) is 12.8 Å². The first kappa shape index (κ1) is 15.9. The summed E-state index contributed by atoms with van der Waals surface area (Å²) in [5.41, 5.74) is 4.61.